The first-order valence-electron chi connectivity index (χ1n) is 11.5. The number of rotatable bonds is 8. The lowest BCUT2D eigenvalue weighted by Gasteiger charge is -2.30. The van der Waals surface area contributed by atoms with Crippen molar-refractivity contribution < 1.29 is 13.2 Å². The Bertz CT molecular complexity index is 1150. The fraction of sp³-hybridized carbons (Fsp3) is 0.308. The van der Waals surface area contributed by atoms with E-state index >= 15 is 0 Å². The van der Waals surface area contributed by atoms with Crippen LogP contribution in [0.1, 0.15) is 29.2 Å². The summed E-state index contributed by atoms with van der Waals surface area (Å²) in [5, 5.41) is 6.27. The number of sulfonamides is 1. The van der Waals surface area contributed by atoms with Crippen molar-refractivity contribution in [3.8, 4) is 0 Å². The first-order valence-corrected chi connectivity index (χ1v) is 12.9. The summed E-state index contributed by atoms with van der Waals surface area (Å²) in [6.45, 7) is 3.31. The fourth-order valence-corrected chi connectivity index (χ4v) is 5.49. The molecule has 3 aromatic rings. The third-order valence-corrected chi connectivity index (χ3v) is 7.64. The molecule has 1 aliphatic rings. The maximum absolute atomic E-state index is 13.0. The minimum atomic E-state index is -3.65. The van der Waals surface area contributed by atoms with Crippen LogP contribution >= 0.6 is 0 Å². The molecule has 4 rings (SSSR count). The molecule has 34 heavy (non-hydrogen) atoms. The maximum atomic E-state index is 13.0. The third-order valence-electron chi connectivity index (χ3n) is 6.10. The van der Waals surface area contributed by atoms with Crippen LogP contribution in [0.5, 0.6) is 0 Å². The Morgan fingerprint density at radius 3 is 2.47 bits per heavy atom. The Labute approximate surface area is 201 Å². The lowest BCUT2D eigenvalue weighted by Crippen LogP contribution is -2.52. The predicted molar refractivity (Wildman–Crippen MR) is 132 cm³/mol. The molecule has 0 aliphatic carbocycles. The Balaban J connectivity index is 1.39. The molecule has 7 nitrogen and oxygen atoms in total. The quantitative estimate of drug-likeness (QED) is 0.462. The number of piperidine rings is 1. The van der Waals surface area contributed by atoms with Gasteiger partial charge in [0.15, 0.2) is 0 Å². The standard InChI is InChI=1S/C26H30N4O3S/c1-19-10-12-23(13-11-19)34(32,33)30-22-15-21(16-27-17-22)26(31)29-18-24(20-7-3-2-4-8-20)25-9-5-6-14-28-25/h2-14,21-22,24,27,30H,15-18H2,1H3,(H,29,31)/t21-,22+,24?/m1/s1. The molecule has 1 fully saturated rings. The van der Waals surface area contributed by atoms with Crippen molar-refractivity contribution in [3.05, 3.63) is 95.8 Å². The molecule has 1 saturated heterocycles. The molecule has 0 radical (unpaired) electrons. The van der Waals surface area contributed by atoms with E-state index in [-0.39, 0.29) is 28.7 Å². The molecule has 1 aromatic heterocycles. The molecule has 2 heterocycles. The van der Waals surface area contributed by atoms with Gasteiger partial charge in [-0.15, -0.1) is 0 Å². The lowest BCUT2D eigenvalue weighted by molar-refractivity contribution is -0.125. The topological polar surface area (TPSA) is 100 Å². The van der Waals surface area contributed by atoms with Gasteiger partial charge in [-0.2, -0.15) is 0 Å². The molecule has 2 aromatic carbocycles. The van der Waals surface area contributed by atoms with Gasteiger partial charge in [0.05, 0.1) is 10.8 Å². The molecule has 3 atom stereocenters. The number of nitrogens with one attached hydrogen (secondary N) is 3. The zero-order valence-electron chi connectivity index (χ0n) is 19.1. The van der Waals surface area contributed by atoms with Crippen LogP contribution in [0.4, 0.5) is 0 Å². The number of carbonyl (C=O) groups excluding carboxylic acids is 1. The average molecular weight is 479 g/mol. The van der Waals surface area contributed by atoms with E-state index < -0.39 is 10.0 Å². The minimum absolute atomic E-state index is 0.0706. The summed E-state index contributed by atoms with van der Waals surface area (Å²) in [5.74, 6) is -0.498. The second kappa shape index (κ2) is 10.9. The van der Waals surface area contributed by atoms with Gasteiger partial charge < -0.3 is 10.6 Å². The SMILES string of the molecule is Cc1ccc(S(=O)(=O)N[C@@H]2CNC[C@H](C(=O)NCC(c3ccccc3)c3ccccn3)C2)cc1. The maximum Gasteiger partial charge on any atom is 0.240 e. The number of aromatic nitrogens is 1. The van der Waals surface area contributed by atoms with Gasteiger partial charge in [-0.1, -0.05) is 54.1 Å². The molecule has 178 valence electrons. The van der Waals surface area contributed by atoms with Gasteiger partial charge in [0.1, 0.15) is 0 Å². The zero-order chi connectivity index (χ0) is 24.0. The van der Waals surface area contributed by atoms with Gasteiger partial charge >= 0.3 is 0 Å². The van der Waals surface area contributed by atoms with Gasteiger partial charge in [-0.05, 0) is 43.2 Å². The first kappa shape index (κ1) is 24.1. The molecule has 0 saturated carbocycles. The van der Waals surface area contributed by atoms with Crippen LogP contribution in [-0.2, 0) is 14.8 Å². The van der Waals surface area contributed by atoms with E-state index in [1.165, 1.54) is 0 Å². The smallest absolute Gasteiger partial charge is 0.240 e. The van der Waals surface area contributed by atoms with E-state index in [1.807, 2.05) is 55.5 Å². The Kier molecular flexibility index (Phi) is 7.72. The fourth-order valence-electron chi connectivity index (χ4n) is 4.24. The van der Waals surface area contributed by atoms with E-state index in [2.05, 4.69) is 20.3 Å². The van der Waals surface area contributed by atoms with Gasteiger partial charge in [-0.3, -0.25) is 9.78 Å². The highest BCUT2D eigenvalue weighted by molar-refractivity contribution is 7.89. The number of amides is 1. The van der Waals surface area contributed by atoms with Crippen LogP contribution in [0.2, 0.25) is 0 Å². The highest BCUT2D eigenvalue weighted by atomic mass is 32.2. The Hall–Kier alpha value is -3.07. The Morgan fingerprint density at radius 1 is 1.03 bits per heavy atom. The van der Waals surface area contributed by atoms with Gasteiger partial charge in [0.25, 0.3) is 0 Å². The van der Waals surface area contributed by atoms with E-state index in [1.54, 1.807) is 30.5 Å². The summed E-state index contributed by atoms with van der Waals surface area (Å²) in [4.78, 5) is 17.8. The van der Waals surface area contributed by atoms with Crippen molar-refractivity contribution in [2.45, 2.75) is 30.2 Å². The van der Waals surface area contributed by atoms with E-state index in [9.17, 15) is 13.2 Å². The molecule has 8 heteroatoms. The van der Waals surface area contributed by atoms with Crippen molar-refractivity contribution in [1.29, 1.82) is 0 Å². The van der Waals surface area contributed by atoms with E-state index in [0.29, 0.717) is 26.1 Å². The second-order valence-corrected chi connectivity index (χ2v) is 10.4. The summed E-state index contributed by atoms with van der Waals surface area (Å²) >= 11 is 0. The van der Waals surface area contributed by atoms with Gasteiger partial charge in [0.2, 0.25) is 15.9 Å². The van der Waals surface area contributed by atoms with Crippen LogP contribution in [0.25, 0.3) is 0 Å². The minimum Gasteiger partial charge on any atom is -0.355 e. The number of nitrogens with zero attached hydrogens (tertiary/aromatic N) is 1. The molecule has 0 bridgehead atoms. The van der Waals surface area contributed by atoms with Crippen molar-refractivity contribution in [1.82, 2.24) is 20.3 Å². The van der Waals surface area contributed by atoms with Gasteiger partial charge in [0, 0.05) is 43.5 Å². The van der Waals surface area contributed by atoms with E-state index in [0.717, 1.165) is 16.8 Å². The summed E-state index contributed by atoms with van der Waals surface area (Å²) in [6, 6.07) is 22.1. The van der Waals surface area contributed by atoms with Crippen LogP contribution < -0.4 is 15.4 Å². The van der Waals surface area contributed by atoms with Crippen molar-refractivity contribution in [2.24, 2.45) is 5.92 Å². The van der Waals surface area contributed by atoms with Crippen LogP contribution in [0.3, 0.4) is 0 Å². The normalized spacial score (nSPS) is 19.3. The predicted octanol–water partition coefficient (Wildman–Crippen LogP) is 2.59. The number of hydrogen-bond acceptors (Lipinski definition) is 5. The zero-order valence-corrected chi connectivity index (χ0v) is 20.0. The van der Waals surface area contributed by atoms with Crippen molar-refractivity contribution in [3.63, 3.8) is 0 Å². The molecular weight excluding hydrogens is 448 g/mol. The third kappa shape index (κ3) is 6.08. The van der Waals surface area contributed by atoms with Crippen LogP contribution in [0, 0.1) is 12.8 Å². The van der Waals surface area contributed by atoms with Crippen molar-refractivity contribution in [2.75, 3.05) is 19.6 Å². The number of pyridine rings is 1. The summed E-state index contributed by atoms with van der Waals surface area (Å²) in [5.41, 5.74) is 2.96. The van der Waals surface area contributed by atoms with Gasteiger partial charge in [-0.25, -0.2) is 13.1 Å². The molecule has 1 amide bonds. The lowest BCUT2D eigenvalue weighted by atomic mass is 9.93. The number of hydrogen-bond donors (Lipinski definition) is 3. The van der Waals surface area contributed by atoms with E-state index in [4.69, 9.17) is 0 Å². The number of benzene rings is 2. The number of aryl methyl sites for hydroxylation is 1. The van der Waals surface area contributed by atoms with Crippen LogP contribution in [-0.4, -0.2) is 45.0 Å². The Morgan fingerprint density at radius 2 is 1.76 bits per heavy atom. The molecule has 3 N–H and O–H groups in total. The summed E-state index contributed by atoms with van der Waals surface area (Å²) in [6.07, 6.45) is 2.19. The molecule has 0 spiro atoms. The monoisotopic (exact) mass is 478 g/mol. The average Bonchev–Trinajstić information content (AvgIpc) is 2.85. The van der Waals surface area contributed by atoms with Crippen molar-refractivity contribution >= 4 is 15.9 Å². The first-order chi connectivity index (χ1) is 16.4. The molecule has 1 unspecified atom stereocenters. The summed E-state index contributed by atoms with van der Waals surface area (Å²) < 4.78 is 28.3. The van der Waals surface area contributed by atoms with Crippen LogP contribution in [0.15, 0.2) is 83.9 Å². The highest BCUT2D eigenvalue weighted by Gasteiger charge is 2.30. The number of carbonyl (C=O) groups is 1. The summed E-state index contributed by atoms with van der Waals surface area (Å²) in [7, 11) is -3.65. The molecular formula is C26H30N4O3S. The second-order valence-electron chi connectivity index (χ2n) is 8.69. The highest BCUT2D eigenvalue weighted by Crippen LogP contribution is 2.22. The molecule has 1 aliphatic heterocycles. The largest absolute Gasteiger partial charge is 0.355 e.